The fourth-order valence-electron chi connectivity index (χ4n) is 1.82. The van der Waals surface area contributed by atoms with Crippen molar-refractivity contribution in [2.75, 3.05) is 5.73 Å². The minimum absolute atomic E-state index is 0.111. The van der Waals surface area contributed by atoms with Gasteiger partial charge < -0.3 is 5.73 Å². The van der Waals surface area contributed by atoms with Gasteiger partial charge in [-0.05, 0) is 59.3 Å². The highest BCUT2D eigenvalue weighted by Crippen LogP contribution is 2.27. The fourth-order valence-corrected chi connectivity index (χ4v) is 2.88. The first-order valence-electron chi connectivity index (χ1n) is 6.37. The van der Waals surface area contributed by atoms with Crippen LogP contribution in [-0.4, -0.2) is 30.2 Å². The largest absolute Gasteiger partial charge is 0.368 e. The SMILES string of the molecule is Cc1ccc(-n2nnnc2Sc2cc(Cl)nc(N)n2)cc1C. The Bertz CT molecular complexity index is 813. The molecule has 112 valence electrons. The van der Waals surface area contributed by atoms with E-state index in [1.807, 2.05) is 25.1 Å². The number of hydrogen-bond acceptors (Lipinski definition) is 7. The molecule has 0 radical (unpaired) electrons. The summed E-state index contributed by atoms with van der Waals surface area (Å²) in [5.41, 5.74) is 8.85. The Morgan fingerprint density at radius 1 is 1.14 bits per heavy atom. The van der Waals surface area contributed by atoms with Gasteiger partial charge in [-0.25, -0.2) is 9.97 Å². The molecule has 1 aromatic carbocycles. The number of nitrogens with two attached hydrogens (primary N) is 1. The van der Waals surface area contributed by atoms with Crippen LogP contribution in [0.25, 0.3) is 5.69 Å². The van der Waals surface area contributed by atoms with E-state index in [-0.39, 0.29) is 11.1 Å². The maximum Gasteiger partial charge on any atom is 0.222 e. The van der Waals surface area contributed by atoms with Crippen molar-refractivity contribution < 1.29 is 0 Å². The Kier molecular flexibility index (Phi) is 3.95. The number of benzene rings is 1. The summed E-state index contributed by atoms with van der Waals surface area (Å²) in [7, 11) is 0. The van der Waals surface area contributed by atoms with Gasteiger partial charge in [0.25, 0.3) is 0 Å². The molecule has 0 spiro atoms. The van der Waals surface area contributed by atoms with Crippen LogP contribution < -0.4 is 5.73 Å². The van der Waals surface area contributed by atoms with Crippen molar-refractivity contribution in [3.63, 3.8) is 0 Å². The van der Waals surface area contributed by atoms with Crippen molar-refractivity contribution in [2.24, 2.45) is 0 Å². The van der Waals surface area contributed by atoms with E-state index in [1.165, 1.54) is 22.9 Å². The molecule has 0 unspecified atom stereocenters. The van der Waals surface area contributed by atoms with Crippen LogP contribution in [-0.2, 0) is 0 Å². The Labute approximate surface area is 135 Å². The summed E-state index contributed by atoms with van der Waals surface area (Å²) in [5.74, 6) is 0.111. The van der Waals surface area contributed by atoms with Gasteiger partial charge in [0.05, 0.1) is 5.69 Å². The lowest BCUT2D eigenvalue weighted by Gasteiger charge is -2.07. The number of aryl methyl sites for hydroxylation is 2. The molecule has 2 aromatic heterocycles. The van der Waals surface area contributed by atoms with Crippen LogP contribution >= 0.6 is 23.4 Å². The second kappa shape index (κ2) is 5.90. The Morgan fingerprint density at radius 2 is 1.95 bits per heavy atom. The van der Waals surface area contributed by atoms with Crippen LogP contribution in [0.15, 0.2) is 34.4 Å². The van der Waals surface area contributed by atoms with Gasteiger partial charge in [-0.2, -0.15) is 4.68 Å². The number of nitrogen functional groups attached to an aromatic ring is 1. The summed E-state index contributed by atoms with van der Waals surface area (Å²) < 4.78 is 1.64. The van der Waals surface area contributed by atoms with Gasteiger partial charge >= 0.3 is 0 Å². The zero-order valence-electron chi connectivity index (χ0n) is 11.9. The molecule has 2 heterocycles. The maximum absolute atomic E-state index is 5.88. The van der Waals surface area contributed by atoms with E-state index < -0.39 is 0 Å². The minimum atomic E-state index is 0.111. The topological polar surface area (TPSA) is 95.4 Å². The fraction of sp³-hybridized carbons (Fsp3) is 0.154. The summed E-state index contributed by atoms with van der Waals surface area (Å²) in [6.45, 7) is 4.10. The lowest BCUT2D eigenvalue weighted by atomic mass is 10.1. The summed E-state index contributed by atoms with van der Waals surface area (Å²) in [6, 6.07) is 7.63. The van der Waals surface area contributed by atoms with Crippen molar-refractivity contribution in [1.29, 1.82) is 0 Å². The van der Waals surface area contributed by atoms with Crippen molar-refractivity contribution in [3.05, 3.63) is 40.5 Å². The summed E-state index contributed by atoms with van der Waals surface area (Å²) >= 11 is 7.15. The van der Waals surface area contributed by atoms with Gasteiger partial charge in [-0.3, -0.25) is 0 Å². The zero-order valence-corrected chi connectivity index (χ0v) is 13.4. The molecule has 0 aliphatic heterocycles. The molecule has 7 nitrogen and oxygen atoms in total. The Hall–Kier alpha value is -2.19. The molecular formula is C13H12ClN7S. The third kappa shape index (κ3) is 3.02. The van der Waals surface area contributed by atoms with Gasteiger partial charge in [-0.15, -0.1) is 5.10 Å². The molecule has 0 aliphatic carbocycles. The van der Waals surface area contributed by atoms with Crippen LogP contribution in [0.2, 0.25) is 5.15 Å². The second-order valence-electron chi connectivity index (χ2n) is 4.63. The predicted molar refractivity (Wildman–Crippen MR) is 84.2 cm³/mol. The van der Waals surface area contributed by atoms with Crippen molar-refractivity contribution >= 4 is 29.3 Å². The van der Waals surface area contributed by atoms with Crippen LogP contribution in [0.5, 0.6) is 0 Å². The van der Waals surface area contributed by atoms with E-state index in [0.717, 1.165) is 5.69 Å². The zero-order chi connectivity index (χ0) is 15.7. The first-order valence-corrected chi connectivity index (χ1v) is 7.56. The highest BCUT2D eigenvalue weighted by Gasteiger charge is 2.12. The summed E-state index contributed by atoms with van der Waals surface area (Å²) in [5, 5.41) is 13.2. The van der Waals surface area contributed by atoms with Crippen molar-refractivity contribution in [3.8, 4) is 5.69 Å². The molecule has 9 heteroatoms. The number of halogens is 1. The maximum atomic E-state index is 5.88. The van der Waals surface area contributed by atoms with Crippen molar-refractivity contribution in [2.45, 2.75) is 24.0 Å². The third-order valence-electron chi connectivity index (χ3n) is 3.06. The van der Waals surface area contributed by atoms with Gasteiger partial charge in [0.2, 0.25) is 11.1 Å². The highest BCUT2D eigenvalue weighted by molar-refractivity contribution is 7.99. The smallest absolute Gasteiger partial charge is 0.222 e. The molecular weight excluding hydrogens is 322 g/mol. The molecule has 0 amide bonds. The molecule has 22 heavy (non-hydrogen) atoms. The lowest BCUT2D eigenvalue weighted by molar-refractivity contribution is 0.755. The average Bonchev–Trinajstić information content (AvgIpc) is 2.89. The Balaban J connectivity index is 1.96. The number of rotatable bonds is 3. The van der Waals surface area contributed by atoms with Crippen LogP contribution in [0.3, 0.4) is 0 Å². The summed E-state index contributed by atoms with van der Waals surface area (Å²) in [6.07, 6.45) is 0. The Morgan fingerprint density at radius 3 is 2.68 bits per heavy atom. The summed E-state index contributed by atoms with van der Waals surface area (Å²) in [4.78, 5) is 7.94. The van der Waals surface area contributed by atoms with Gasteiger partial charge in [0.1, 0.15) is 10.2 Å². The van der Waals surface area contributed by atoms with E-state index in [9.17, 15) is 0 Å². The number of hydrogen-bond donors (Lipinski definition) is 1. The number of anilines is 1. The number of aromatic nitrogens is 6. The molecule has 2 N–H and O–H groups in total. The highest BCUT2D eigenvalue weighted by atomic mass is 35.5. The first-order chi connectivity index (χ1) is 10.5. The van der Waals surface area contributed by atoms with Crippen LogP contribution in [0, 0.1) is 13.8 Å². The molecule has 0 bridgehead atoms. The molecule has 3 rings (SSSR count). The molecule has 0 saturated carbocycles. The molecule has 0 saturated heterocycles. The monoisotopic (exact) mass is 333 g/mol. The van der Waals surface area contributed by atoms with E-state index >= 15 is 0 Å². The van der Waals surface area contributed by atoms with Crippen LogP contribution in [0.1, 0.15) is 11.1 Å². The standard InChI is InChI=1S/C13H12ClN7S/c1-7-3-4-9(5-8(7)2)21-13(18-19-20-21)22-11-6-10(14)16-12(15)17-11/h3-6H,1-2H3,(H2,15,16,17). The van der Waals surface area contributed by atoms with E-state index in [4.69, 9.17) is 17.3 Å². The van der Waals surface area contributed by atoms with E-state index in [2.05, 4.69) is 32.4 Å². The first kappa shape index (κ1) is 14.7. The normalized spacial score (nSPS) is 10.9. The molecule has 0 atom stereocenters. The molecule has 0 aliphatic rings. The lowest BCUT2D eigenvalue weighted by Crippen LogP contribution is -2.01. The van der Waals surface area contributed by atoms with Crippen LogP contribution in [0.4, 0.5) is 5.95 Å². The number of tetrazole rings is 1. The third-order valence-corrected chi connectivity index (χ3v) is 4.11. The van der Waals surface area contributed by atoms with E-state index in [1.54, 1.807) is 10.7 Å². The minimum Gasteiger partial charge on any atom is -0.368 e. The predicted octanol–water partition coefficient (Wildman–Crippen LogP) is 2.46. The average molecular weight is 334 g/mol. The van der Waals surface area contributed by atoms with Gasteiger partial charge in [-0.1, -0.05) is 17.7 Å². The number of nitrogens with zero attached hydrogens (tertiary/aromatic N) is 6. The van der Waals surface area contributed by atoms with Crippen molar-refractivity contribution in [1.82, 2.24) is 30.2 Å². The van der Waals surface area contributed by atoms with Gasteiger partial charge in [0, 0.05) is 6.07 Å². The molecule has 0 fully saturated rings. The quantitative estimate of drug-likeness (QED) is 0.735. The van der Waals surface area contributed by atoms with E-state index in [0.29, 0.717) is 10.2 Å². The molecule has 3 aromatic rings. The van der Waals surface area contributed by atoms with Gasteiger partial charge in [0.15, 0.2) is 0 Å². The second-order valence-corrected chi connectivity index (χ2v) is 6.01.